The average molecular weight is 461 g/mol. The van der Waals surface area contributed by atoms with Crippen LogP contribution in [-0.2, 0) is 7.05 Å². The van der Waals surface area contributed by atoms with Gasteiger partial charge >= 0.3 is 6.36 Å². The normalized spacial score (nSPS) is 18.8. The third-order valence-electron chi connectivity index (χ3n) is 6.20. The number of rotatable bonds is 6. The van der Waals surface area contributed by atoms with Crippen LogP contribution in [0.25, 0.3) is 11.3 Å². The second-order valence-electron chi connectivity index (χ2n) is 8.61. The molecular weight excluding hydrogens is 433 g/mol. The van der Waals surface area contributed by atoms with Crippen molar-refractivity contribution in [3.8, 4) is 17.0 Å². The van der Waals surface area contributed by atoms with Crippen molar-refractivity contribution in [2.24, 2.45) is 13.0 Å². The van der Waals surface area contributed by atoms with Gasteiger partial charge in [-0.15, -0.1) is 13.2 Å². The summed E-state index contributed by atoms with van der Waals surface area (Å²) in [5.74, 6) is 1.22. The summed E-state index contributed by atoms with van der Waals surface area (Å²) in [6.07, 6.45) is 2.95. The number of nitrogens with one attached hydrogen (secondary N) is 2. The molecule has 0 bridgehead atoms. The van der Waals surface area contributed by atoms with Crippen LogP contribution in [0.4, 0.5) is 13.2 Å². The van der Waals surface area contributed by atoms with Gasteiger partial charge in [0.2, 0.25) is 0 Å². The van der Waals surface area contributed by atoms with E-state index in [2.05, 4.69) is 24.6 Å². The van der Waals surface area contributed by atoms with E-state index in [1.54, 1.807) is 19.1 Å². The summed E-state index contributed by atoms with van der Waals surface area (Å²) in [6, 6.07) is 7.45. The molecule has 0 atom stereocenters. The van der Waals surface area contributed by atoms with E-state index >= 15 is 0 Å². The molecule has 2 N–H and O–H groups in total. The van der Waals surface area contributed by atoms with E-state index in [1.165, 1.54) is 18.2 Å². The van der Waals surface area contributed by atoms with Crippen molar-refractivity contribution in [2.45, 2.75) is 44.9 Å². The molecule has 2 aromatic heterocycles. The molecule has 0 aliphatic heterocycles. The molecular formula is C24H27F3N4O2. The summed E-state index contributed by atoms with van der Waals surface area (Å²) in [4.78, 5) is 20.5. The summed E-state index contributed by atoms with van der Waals surface area (Å²) in [6.45, 7) is 2.28. The Labute approximate surface area is 190 Å². The van der Waals surface area contributed by atoms with E-state index < -0.39 is 6.36 Å². The van der Waals surface area contributed by atoms with E-state index in [-0.39, 0.29) is 17.2 Å². The molecule has 0 saturated heterocycles. The molecule has 1 amide bonds. The van der Waals surface area contributed by atoms with Crippen LogP contribution in [0.5, 0.6) is 5.75 Å². The van der Waals surface area contributed by atoms with Crippen LogP contribution in [0.2, 0.25) is 0 Å². The fourth-order valence-corrected chi connectivity index (χ4v) is 4.60. The fraction of sp³-hybridized carbons (Fsp3) is 0.417. The Hall–Kier alpha value is -3.23. The number of H-pyrrole nitrogens is 1. The standard InChI is InChI=1S/C24H27F3N4O2/c1-15-13-19(21(30-15)18-5-3-4-6-20(18)33-24(25,26)27)23(32)29-14-16-7-9-17(10-8-16)22-28-11-12-31(22)2/h3-6,11-13,16-17,30H,7-10,14H2,1-2H3,(H,29,32). The third kappa shape index (κ3) is 5.40. The van der Waals surface area contributed by atoms with Gasteiger partial charge in [-0.05, 0) is 56.7 Å². The average Bonchev–Trinajstić information content (AvgIpc) is 3.37. The van der Waals surface area contributed by atoms with E-state index in [4.69, 9.17) is 0 Å². The summed E-state index contributed by atoms with van der Waals surface area (Å²) in [7, 11) is 2.00. The lowest BCUT2D eigenvalue weighted by Gasteiger charge is -2.28. The Morgan fingerprint density at radius 1 is 1.24 bits per heavy atom. The van der Waals surface area contributed by atoms with Crippen molar-refractivity contribution in [2.75, 3.05) is 6.54 Å². The Bertz CT molecular complexity index is 1110. The maximum absolute atomic E-state index is 13.0. The van der Waals surface area contributed by atoms with Gasteiger partial charge in [0.1, 0.15) is 11.6 Å². The monoisotopic (exact) mass is 460 g/mol. The van der Waals surface area contributed by atoms with Crippen molar-refractivity contribution < 1.29 is 22.7 Å². The number of nitrogens with zero attached hydrogens (tertiary/aromatic N) is 2. The molecule has 4 rings (SSSR count). The van der Waals surface area contributed by atoms with Gasteiger partial charge < -0.3 is 19.6 Å². The molecule has 0 radical (unpaired) electrons. The predicted molar refractivity (Wildman–Crippen MR) is 118 cm³/mol. The minimum absolute atomic E-state index is 0.184. The number of aryl methyl sites for hydroxylation is 2. The zero-order valence-electron chi connectivity index (χ0n) is 18.6. The first-order valence-corrected chi connectivity index (χ1v) is 11.0. The molecule has 1 aliphatic carbocycles. The Balaban J connectivity index is 1.42. The molecule has 1 saturated carbocycles. The highest BCUT2D eigenvalue weighted by Crippen LogP contribution is 2.36. The first-order chi connectivity index (χ1) is 15.7. The zero-order valence-corrected chi connectivity index (χ0v) is 18.6. The minimum Gasteiger partial charge on any atom is -0.405 e. The van der Waals surface area contributed by atoms with Crippen LogP contribution in [0.3, 0.4) is 0 Å². The maximum atomic E-state index is 13.0. The molecule has 1 fully saturated rings. The van der Waals surface area contributed by atoms with E-state index in [9.17, 15) is 18.0 Å². The molecule has 9 heteroatoms. The molecule has 2 heterocycles. The lowest BCUT2D eigenvalue weighted by atomic mass is 9.81. The summed E-state index contributed by atoms with van der Waals surface area (Å²) >= 11 is 0. The number of para-hydroxylation sites is 1. The number of hydrogen-bond acceptors (Lipinski definition) is 3. The Morgan fingerprint density at radius 3 is 2.64 bits per heavy atom. The van der Waals surface area contributed by atoms with Crippen molar-refractivity contribution in [3.05, 3.63) is 59.8 Å². The Kier molecular flexibility index (Phi) is 6.49. The molecule has 1 aromatic carbocycles. The van der Waals surface area contributed by atoms with Gasteiger partial charge in [-0.3, -0.25) is 4.79 Å². The highest BCUT2D eigenvalue weighted by molar-refractivity contribution is 6.01. The van der Waals surface area contributed by atoms with Crippen LogP contribution in [-0.4, -0.2) is 33.3 Å². The van der Waals surface area contributed by atoms with Gasteiger partial charge in [0.15, 0.2) is 0 Å². The number of carbonyl (C=O) groups excluding carboxylic acids is 1. The van der Waals surface area contributed by atoms with Crippen molar-refractivity contribution in [3.63, 3.8) is 0 Å². The first kappa shape index (κ1) is 22.9. The van der Waals surface area contributed by atoms with E-state index in [1.807, 2.05) is 19.4 Å². The third-order valence-corrected chi connectivity index (χ3v) is 6.20. The van der Waals surface area contributed by atoms with Crippen LogP contribution in [0, 0.1) is 12.8 Å². The van der Waals surface area contributed by atoms with E-state index in [0.717, 1.165) is 31.5 Å². The zero-order chi connectivity index (χ0) is 23.6. The number of aromatic nitrogens is 3. The van der Waals surface area contributed by atoms with Gasteiger partial charge in [0, 0.05) is 43.2 Å². The summed E-state index contributed by atoms with van der Waals surface area (Å²) < 4.78 is 44.8. The molecule has 0 spiro atoms. The van der Waals surface area contributed by atoms with Gasteiger partial charge in [0.05, 0.1) is 11.3 Å². The summed E-state index contributed by atoms with van der Waals surface area (Å²) in [5.41, 5.74) is 1.46. The second kappa shape index (κ2) is 9.33. The van der Waals surface area contributed by atoms with Gasteiger partial charge in [-0.2, -0.15) is 0 Å². The highest BCUT2D eigenvalue weighted by atomic mass is 19.4. The lowest BCUT2D eigenvalue weighted by Crippen LogP contribution is -2.31. The van der Waals surface area contributed by atoms with Gasteiger partial charge in [-0.25, -0.2) is 4.98 Å². The van der Waals surface area contributed by atoms with Crippen LogP contribution >= 0.6 is 0 Å². The Morgan fingerprint density at radius 2 is 1.97 bits per heavy atom. The van der Waals surface area contributed by atoms with Gasteiger partial charge in [-0.1, -0.05) is 12.1 Å². The predicted octanol–water partition coefficient (Wildman–Crippen LogP) is 5.33. The maximum Gasteiger partial charge on any atom is 0.573 e. The largest absolute Gasteiger partial charge is 0.573 e. The number of ether oxygens (including phenoxy) is 1. The molecule has 6 nitrogen and oxygen atoms in total. The van der Waals surface area contributed by atoms with Crippen molar-refractivity contribution in [1.29, 1.82) is 0 Å². The number of halogens is 3. The minimum atomic E-state index is -4.83. The number of benzene rings is 1. The van der Waals surface area contributed by atoms with Gasteiger partial charge in [0.25, 0.3) is 5.91 Å². The van der Waals surface area contributed by atoms with Crippen LogP contribution in [0.1, 0.15) is 53.5 Å². The second-order valence-corrected chi connectivity index (χ2v) is 8.61. The quantitative estimate of drug-likeness (QED) is 0.523. The fourth-order valence-electron chi connectivity index (χ4n) is 4.60. The first-order valence-electron chi connectivity index (χ1n) is 11.0. The molecule has 3 aromatic rings. The SMILES string of the molecule is Cc1cc(C(=O)NCC2CCC(c3nccn3C)CC2)c(-c2ccccc2OC(F)(F)F)[nH]1. The van der Waals surface area contributed by atoms with Crippen LogP contribution < -0.4 is 10.1 Å². The molecule has 33 heavy (non-hydrogen) atoms. The topological polar surface area (TPSA) is 71.9 Å². The van der Waals surface area contributed by atoms with Crippen molar-refractivity contribution >= 4 is 5.91 Å². The number of hydrogen-bond donors (Lipinski definition) is 2. The molecule has 1 aliphatic rings. The lowest BCUT2D eigenvalue weighted by molar-refractivity contribution is -0.274. The van der Waals surface area contributed by atoms with Crippen LogP contribution in [0.15, 0.2) is 42.7 Å². The number of aromatic amines is 1. The number of alkyl halides is 3. The summed E-state index contributed by atoms with van der Waals surface area (Å²) in [5, 5.41) is 2.98. The smallest absolute Gasteiger partial charge is 0.405 e. The number of amides is 1. The number of carbonyl (C=O) groups is 1. The molecule has 176 valence electrons. The van der Waals surface area contributed by atoms with E-state index in [0.29, 0.717) is 35.3 Å². The molecule has 0 unspecified atom stereocenters. The van der Waals surface area contributed by atoms with Crippen molar-refractivity contribution in [1.82, 2.24) is 19.9 Å². The number of imidazole rings is 1. The highest BCUT2D eigenvalue weighted by Gasteiger charge is 2.33.